The Bertz CT molecular complexity index is 604. The second-order valence-electron chi connectivity index (χ2n) is 5.22. The Labute approximate surface area is 119 Å². The molecule has 2 nitrogen and oxygen atoms in total. The van der Waals surface area contributed by atoms with Crippen molar-refractivity contribution < 1.29 is 0 Å². The minimum Gasteiger partial charge on any atom is -0.360 e. The molecule has 2 N–H and O–H groups in total. The highest BCUT2D eigenvalue weighted by Gasteiger charge is 2.22. The van der Waals surface area contributed by atoms with E-state index >= 15 is 0 Å². The first kappa shape index (κ1) is 12.4. The van der Waals surface area contributed by atoms with E-state index in [9.17, 15) is 0 Å². The molecule has 1 fully saturated rings. The highest BCUT2D eigenvalue weighted by Crippen LogP contribution is 2.21. The van der Waals surface area contributed by atoms with Crippen LogP contribution in [-0.2, 0) is 0 Å². The van der Waals surface area contributed by atoms with Crippen molar-refractivity contribution in [3.63, 3.8) is 0 Å². The van der Waals surface area contributed by atoms with Crippen LogP contribution < -0.4 is 10.6 Å². The number of nitrogens with one attached hydrogen (secondary N) is 2. The molecule has 3 rings (SSSR count). The molecule has 1 aliphatic rings. The molecule has 0 spiro atoms. The highest BCUT2D eigenvalue weighted by molar-refractivity contribution is 7.80. The molecule has 98 valence electrons. The molecule has 2 aromatic rings. The Morgan fingerprint density at radius 1 is 1.16 bits per heavy atom. The van der Waals surface area contributed by atoms with Crippen LogP contribution in [0.3, 0.4) is 0 Å². The van der Waals surface area contributed by atoms with Crippen LogP contribution >= 0.6 is 12.2 Å². The Kier molecular flexibility index (Phi) is 3.38. The lowest BCUT2D eigenvalue weighted by Crippen LogP contribution is -2.37. The molecule has 19 heavy (non-hydrogen) atoms. The van der Waals surface area contributed by atoms with Gasteiger partial charge in [0.05, 0.1) is 6.04 Å². The highest BCUT2D eigenvalue weighted by atomic mass is 32.1. The van der Waals surface area contributed by atoms with Crippen molar-refractivity contribution in [1.82, 2.24) is 10.6 Å². The van der Waals surface area contributed by atoms with Crippen LogP contribution in [0.5, 0.6) is 0 Å². The lowest BCUT2D eigenvalue weighted by molar-refractivity contribution is 0.698. The summed E-state index contributed by atoms with van der Waals surface area (Å²) in [5, 5.41) is 9.98. The molecule has 0 bridgehead atoms. The number of benzene rings is 2. The lowest BCUT2D eigenvalue weighted by atomic mass is 10.0. The van der Waals surface area contributed by atoms with Gasteiger partial charge in [0.15, 0.2) is 5.11 Å². The number of hydrogen-bond donors (Lipinski definition) is 2. The number of rotatable bonds is 3. The van der Waals surface area contributed by atoms with Crippen molar-refractivity contribution in [2.75, 3.05) is 0 Å². The van der Waals surface area contributed by atoms with Gasteiger partial charge in [0.2, 0.25) is 0 Å². The summed E-state index contributed by atoms with van der Waals surface area (Å²) < 4.78 is 0. The standard InChI is InChI=1S/C16H18N2S/c1-11(17-16(19)18-15-8-9-15)13-7-6-12-4-2-3-5-14(12)10-13/h2-7,10-11,15H,8-9H2,1H3,(H2,17,18,19)/t11-/m1/s1. The fourth-order valence-corrected chi connectivity index (χ4v) is 2.56. The minimum absolute atomic E-state index is 0.225. The average molecular weight is 270 g/mol. The summed E-state index contributed by atoms with van der Waals surface area (Å²) in [6.45, 7) is 2.14. The summed E-state index contributed by atoms with van der Waals surface area (Å²) in [6.07, 6.45) is 2.48. The fraction of sp³-hybridized carbons (Fsp3) is 0.312. The molecule has 0 radical (unpaired) electrons. The Morgan fingerprint density at radius 2 is 1.89 bits per heavy atom. The van der Waals surface area contributed by atoms with E-state index in [1.54, 1.807) is 0 Å². The third kappa shape index (κ3) is 3.04. The van der Waals surface area contributed by atoms with Gasteiger partial charge in [0.1, 0.15) is 0 Å². The first-order chi connectivity index (χ1) is 9.22. The van der Waals surface area contributed by atoms with Crippen molar-refractivity contribution in [3.05, 3.63) is 48.0 Å². The number of hydrogen-bond acceptors (Lipinski definition) is 1. The van der Waals surface area contributed by atoms with Crippen LogP contribution in [0.15, 0.2) is 42.5 Å². The predicted molar refractivity (Wildman–Crippen MR) is 84.3 cm³/mol. The molecule has 0 aromatic heterocycles. The van der Waals surface area contributed by atoms with Gasteiger partial charge in [0, 0.05) is 6.04 Å². The summed E-state index contributed by atoms with van der Waals surface area (Å²) >= 11 is 5.32. The monoisotopic (exact) mass is 270 g/mol. The van der Waals surface area contributed by atoms with E-state index in [1.807, 2.05) is 0 Å². The molecule has 0 saturated heterocycles. The van der Waals surface area contributed by atoms with Gasteiger partial charge in [-0.1, -0.05) is 36.4 Å². The van der Waals surface area contributed by atoms with Crippen molar-refractivity contribution >= 4 is 28.1 Å². The molecule has 1 saturated carbocycles. The molecule has 2 aromatic carbocycles. The van der Waals surface area contributed by atoms with E-state index < -0.39 is 0 Å². The minimum atomic E-state index is 0.225. The summed E-state index contributed by atoms with van der Waals surface area (Å²) in [4.78, 5) is 0. The summed E-state index contributed by atoms with van der Waals surface area (Å²) in [7, 11) is 0. The molecule has 1 aliphatic carbocycles. The van der Waals surface area contributed by atoms with E-state index in [0.717, 1.165) is 5.11 Å². The van der Waals surface area contributed by atoms with E-state index in [4.69, 9.17) is 12.2 Å². The fourth-order valence-electron chi connectivity index (χ4n) is 2.21. The first-order valence-electron chi connectivity index (χ1n) is 6.78. The Hall–Kier alpha value is -1.61. The van der Waals surface area contributed by atoms with Gasteiger partial charge in [-0.15, -0.1) is 0 Å². The van der Waals surface area contributed by atoms with Crippen LogP contribution in [0.4, 0.5) is 0 Å². The molecule has 3 heteroatoms. The van der Waals surface area contributed by atoms with Gasteiger partial charge in [-0.05, 0) is 54.4 Å². The SMILES string of the molecule is C[C@@H](NC(=S)NC1CC1)c1ccc2ccccc2c1. The van der Waals surface area contributed by atoms with Crippen LogP contribution in [0.25, 0.3) is 10.8 Å². The molecule has 0 amide bonds. The van der Waals surface area contributed by atoms with Gasteiger partial charge in [-0.3, -0.25) is 0 Å². The summed E-state index contributed by atoms with van der Waals surface area (Å²) in [5.41, 5.74) is 1.26. The zero-order valence-corrected chi connectivity index (χ0v) is 11.8. The maximum absolute atomic E-state index is 5.32. The first-order valence-corrected chi connectivity index (χ1v) is 7.19. The molecule has 1 atom stereocenters. The Balaban J connectivity index is 1.72. The summed E-state index contributed by atoms with van der Waals surface area (Å²) in [5.74, 6) is 0. The summed E-state index contributed by atoms with van der Waals surface area (Å²) in [6, 6.07) is 15.8. The third-order valence-corrected chi connectivity index (χ3v) is 3.77. The van der Waals surface area contributed by atoms with Gasteiger partial charge in [-0.2, -0.15) is 0 Å². The third-order valence-electron chi connectivity index (χ3n) is 3.53. The van der Waals surface area contributed by atoms with Crippen molar-refractivity contribution in [2.45, 2.75) is 31.8 Å². The van der Waals surface area contributed by atoms with Gasteiger partial charge in [0.25, 0.3) is 0 Å². The van der Waals surface area contributed by atoms with Crippen LogP contribution in [0.2, 0.25) is 0 Å². The maximum atomic E-state index is 5.32. The second-order valence-corrected chi connectivity index (χ2v) is 5.63. The van der Waals surface area contributed by atoms with Crippen LogP contribution in [-0.4, -0.2) is 11.2 Å². The number of thiocarbonyl (C=S) groups is 1. The molecular formula is C16H18N2S. The van der Waals surface area contributed by atoms with Gasteiger partial charge >= 0.3 is 0 Å². The predicted octanol–water partition coefficient (Wildman–Crippen LogP) is 3.53. The smallest absolute Gasteiger partial charge is 0.166 e. The largest absolute Gasteiger partial charge is 0.360 e. The van der Waals surface area contributed by atoms with Gasteiger partial charge in [-0.25, -0.2) is 0 Å². The lowest BCUT2D eigenvalue weighted by Gasteiger charge is -2.17. The Morgan fingerprint density at radius 3 is 2.63 bits per heavy atom. The molecule has 0 heterocycles. The number of fused-ring (bicyclic) bond motifs is 1. The zero-order chi connectivity index (χ0) is 13.2. The van der Waals surface area contributed by atoms with Crippen LogP contribution in [0, 0.1) is 0 Å². The molecule has 0 aliphatic heterocycles. The van der Waals surface area contributed by atoms with E-state index in [1.165, 1.54) is 29.2 Å². The van der Waals surface area contributed by atoms with Crippen molar-refractivity contribution in [2.24, 2.45) is 0 Å². The van der Waals surface area contributed by atoms with Crippen molar-refractivity contribution in [1.29, 1.82) is 0 Å². The van der Waals surface area contributed by atoms with Crippen molar-refractivity contribution in [3.8, 4) is 0 Å². The van der Waals surface area contributed by atoms with E-state index in [0.29, 0.717) is 6.04 Å². The maximum Gasteiger partial charge on any atom is 0.166 e. The van der Waals surface area contributed by atoms with Crippen LogP contribution in [0.1, 0.15) is 31.4 Å². The van der Waals surface area contributed by atoms with E-state index in [-0.39, 0.29) is 6.04 Å². The topological polar surface area (TPSA) is 24.1 Å². The quantitative estimate of drug-likeness (QED) is 0.834. The molecule has 0 unspecified atom stereocenters. The van der Waals surface area contributed by atoms with Gasteiger partial charge < -0.3 is 10.6 Å². The normalized spacial score (nSPS) is 16.1. The second kappa shape index (κ2) is 5.17. The average Bonchev–Trinajstić information content (AvgIpc) is 3.21. The molecular weight excluding hydrogens is 252 g/mol. The zero-order valence-electron chi connectivity index (χ0n) is 11.0. The van der Waals surface area contributed by atoms with E-state index in [2.05, 4.69) is 60.0 Å².